The van der Waals surface area contributed by atoms with Crippen molar-refractivity contribution in [3.63, 3.8) is 0 Å². The highest BCUT2D eigenvalue weighted by Crippen LogP contribution is 2.25. The van der Waals surface area contributed by atoms with E-state index in [0.29, 0.717) is 6.54 Å². The van der Waals surface area contributed by atoms with Gasteiger partial charge in [0.05, 0.1) is 19.1 Å². The Bertz CT molecular complexity index is 702. The molecule has 1 heterocycles. The standard InChI is InChI=1S/C17H21NO4/c1-4-18(6-5-17(20)21)16(19)9-13-10-22-15-8-12(3)11(2)7-14(13)15/h7-8,10H,4-6,9H2,1-3H3,(H,20,21). The summed E-state index contributed by atoms with van der Waals surface area (Å²) >= 11 is 0. The lowest BCUT2D eigenvalue weighted by Crippen LogP contribution is -2.33. The van der Waals surface area contributed by atoms with Gasteiger partial charge in [0, 0.05) is 24.0 Å². The number of amides is 1. The van der Waals surface area contributed by atoms with Crippen LogP contribution < -0.4 is 0 Å². The van der Waals surface area contributed by atoms with E-state index >= 15 is 0 Å². The van der Waals surface area contributed by atoms with Crippen LogP contribution in [0.15, 0.2) is 22.8 Å². The summed E-state index contributed by atoms with van der Waals surface area (Å²) in [7, 11) is 0. The molecule has 0 saturated heterocycles. The largest absolute Gasteiger partial charge is 0.481 e. The van der Waals surface area contributed by atoms with Crippen molar-refractivity contribution in [1.29, 1.82) is 0 Å². The number of nitrogens with zero attached hydrogens (tertiary/aromatic N) is 1. The van der Waals surface area contributed by atoms with Gasteiger partial charge in [-0.05, 0) is 44.0 Å². The highest BCUT2D eigenvalue weighted by Gasteiger charge is 2.17. The molecule has 0 fully saturated rings. The van der Waals surface area contributed by atoms with Gasteiger partial charge in [0.2, 0.25) is 5.91 Å². The minimum absolute atomic E-state index is 0.0377. The number of hydrogen-bond acceptors (Lipinski definition) is 3. The van der Waals surface area contributed by atoms with Gasteiger partial charge >= 0.3 is 5.97 Å². The van der Waals surface area contributed by atoms with E-state index in [1.54, 1.807) is 11.2 Å². The van der Waals surface area contributed by atoms with Crippen molar-refractivity contribution < 1.29 is 19.1 Å². The van der Waals surface area contributed by atoms with Gasteiger partial charge in [-0.1, -0.05) is 0 Å². The summed E-state index contributed by atoms with van der Waals surface area (Å²) in [6.45, 7) is 6.63. The molecule has 0 atom stereocenters. The number of hydrogen-bond donors (Lipinski definition) is 1. The van der Waals surface area contributed by atoms with Gasteiger partial charge in [0.1, 0.15) is 5.58 Å². The van der Waals surface area contributed by atoms with Gasteiger partial charge in [-0.3, -0.25) is 9.59 Å². The van der Waals surface area contributed by atoms with Crippen LogP contribution in [0, 0.1) is 13.8 Å². The number of carboxylic acid groups (broad SMARTS) is 1. The SMILES string of the molecule is CCN(CCC(=O)O)C(=O)Cc1coc2cc(C)c(C)cc12. The van der Waals surface area contributed by atoms with Crippen LogP contribution in [-0.2, 0) is 16.0 Å². The summed E-state index contributed by atoms with van der Waals surface area (Å²) in [6, 6.07) is 4.00. The molecule has 0 bridgehead atoms. The molecular weight excluding hydrogens is 282 g/mol. The fraction of sp³-hybridized carbons (Fsp3) is 0.412. The average molecular weight is 303 g/mol. The molecule has 0 aliphatic carbocycles. The molecule has 0 radical (unpaired) electrons. The third-order valence-electron chi connectivity index (χ3n) is 3.94. The number of rotatable bonds is 6. The van der Waals surface area contributed by atoms with Crippen molar-refractivity contribution in [2.45, 2.75) is 33.6 Å². The third kappa shape index (κ3) is 3.47. The molecule has 2 rings (SSSR count). The molecule has 5 heteroatoms. The monoisotopic (exact) mass is 303 g/mol. The van der Waals surface area contributed by atoms with Crippen LogP contribution in [0.2, 0.25) is 0 Å². The van der Waals surface area contributed by atoms with Gasteiger partial charge in [-0.25, -0.2) is 0 Å². The normalized spacial score (nSPS) is 10.9. The second-order valence-electron chi connectivity index (χ2n) is 5.49. The first-order chi connectivity index (χ1) is 10.4. The van der Waals surface area contributed by atoms with E-state index in [-0.39, 0.29) is 25.3 Å². The number of carbonyl (C=O) groups excluding carboxylic acids is 1. The first-order valence-electron chi connectivity index (χ1n) is 7.39. The fourth-order valence-corrected chi connectivity index (χ4v) is 2.44. The highest BCUT2D eigenvalue weighted by molar-refractivity contribution is 5.88. The van der Waals surface area contributed by atoms with Gasteiger partial charge in [-0.15, -0.1) is 0 Å². The summed E-state index contributed by atoms with van der Waals surface area (Å²) in [6.07, 6.45) is 1.81. The minimum Gasteiger partial charge on any atom is -0.481 e. The van der Waals surface area contributed by atoms with Crippen molar-refractivity contribution in [1.82, 2.24) is 4.90 Å². The number of carbonyl (C=O) groups is 2. The molecule has 1 aromatic heterocycles. The predicted octanol–water partition coefficient (Wildman–Crippen LogP) is 2.92. The van der Waals surface area contributed by atoms with Crippen LogP contribution in [0.3, 0.4) is 0 Å². The third-order valence-corrected chi connectivity index (χ3v) is 3.94. The second-order valence-corrected chi connectivity index (χ2v) is 5.49. The molecule has 118 valence electrons. The van der Waals surface area contributed by atoms with Gasteiger partial charge < -0.3 is 14.4 Å². The summed E-state index contributed by atoms with van der Waals surface area (Å²) in [5.74, 6) is -0.976. The van der Waals surface area contributed by atoms with Gasteiger partial charge in [0.15, 0.2) is 0 Å². The smallest absolute Gasteiger partial charge is 0.305 e. The number of aliphatic carboxylic acids is 1. The topological polar surface area (TPSA) is 70.8 Å². The Balaban J connectivity index is 2.17. The molecule has 1 aromatic carbocycles. The Kier molecular flexibility index (Phi) is 4.85. The van der Waals surface area contributed by atoms with Crippen molar-refractivity contribution in [3.05, 3.63) is 35.1 Å². The van der Waals surface area contributed by atoms with E-state index < -0.39 is 5.97 Å². The van der Waals surface area contributed by atoms with Crippen LogP contribution in [0.25, 0.3) is 11.0 Å². The molecule has 0 aliphatic heterocycles. The highest BCUT2D eigenvalue weighted by atomic mass is 16.4. The minimum atomic E-state index is -0.897. The molecule has 2 aromatic rings. The lowest BCUT2D eigenvalue weighted by atomic mass is 10.0. The molecule has 22 heavy (non-hydrogen) atoms. The molecular formula is C17H21NO4. The number of benzene rings is 1. The first kappa shape index (κ1) is 16.1. The lowest BCUT2D eigenvalue weighted by molar-refractivity contribution is -0.138. The number of fused-ring (bicyclic) bond motifs is 1. The molecule has 0 spiro atoms. The summed E-state index contributed by atoms with van der Waals surface area (Å²) in [4.78, 5) is 24.6. The van der Waals surface area contributed by atoms with E-state index in [1.165, 1.54) is 0 Å². The molecule has 0 aliphatic rings. The van der Waals surface area contributed by atoms with Crippen LogP contribution >= 0.6 is 0 Å². The van der Waals surface area contributed by atoms with E-state index in [2.05, 4.69) is 0 Å². The zero-order valence-electron chi connectivity index (χ0n) is 13.2. The van der Waals surface area contributed by atoms with E-state index in [1.807, 2.05) is 32.9 Å². The lowest BCUT2D eigenvalue weighted by Gasteiger charge is -2.19. The van der Waals surface area contributed by atoms with Crippen molar-refractivity contribution in [3.8, 4) is 0 Å². The van der Waals surface area contributed by atoms with Crippen LogP contribution in [0.5, 0.6) is 0 Å². The first-order valence-corrected chi connectivity index (χ1v) is 7.39. The molecule has 0 saturated carbocycles. The quantitative estimate of drug-likeness (QED) is 0.890. The molecule has 1 amide bonds. The Hall–Kier alpha value is -2.30. The molecule has 5 nitrogen and oxygen atoms in total. The number of furan rings is 1. The maximum atomic E-state index is 12.3. The fourth-order valence-electron chi connectivity index (χ4n) is 2.44. The van der Waals surface area contributed by atoms with Crippen molar-refractivity contribution >= 4 is 22.8 Å². The number of likely N-dealkylation sites (N-methyl/N-ethyl adjacent to an activating group) is 1. The summed E-state index contributed by atoms with van der Waals surface area (Å²) in [5.41, 5.74) is 3.92. The van der Waals surface area contributed by atoms with E-state index in [4.69, 9.17) is 9.52 Å². The van der Waals surface area contributed by atoms with Crippen LogP contribution in [0.4, 0.5) is 0 Å². The zero-order chi connectivity index (χ0) is 16.3. The summed E-state index contributed by atoms with van der Waals surface area (Å²) in [5, 5.41) is 9.69. The second kappa shape index (κ2) is 6.64. The van der Waals surface area contributed by atoms with Gasteiger partial charge in [-0.2, -0.15) is 0 Å². The van der Waals surface area contributed by atoms with E-state index in [0.717, 1.165) is 27.7 Å². The average Bonchev–Trinajstić information content (AvgIpc) is 2.82. The Morgan fingerprint density at radius 2 is 1.91 bits per heavy atom. The molecule has 1 N–H and O–H groups in total. The number of aryl methyl sites for hydroxylation is 2. The van der Waals surface area contributed by atoms with E-state index in [9.17, 15) is 9.59 Å². The van der Waals surface area contributed by atoms with Crippen LogP contribution in [0.1, 0.15) is 30.0 Å². The maximum Gasteiger partial charge on any atom is 0.305 e. The predicted molar refractivity (Wildman–Crippen MR) is 83.9 cm³/mol. The van der Waals surface area contributed by atoms with Crippen LogP contribution in [-0.4, -0.2) is 35.0 Å². The summed E-state index contributed by atoms with van der Waals surface area (Å²) < 4.78 is 5.53. The molecule has 0 unspecified atom stereocenters. The number of carboxylic acids is 1. The van der Waals surface area contributed by atoms with Gasteiger partial charge in [0.25, 0.3) is 0 Å². The Morgan fingerprint density at radius 1 is 1.23 bits per heavy atom. The Morgan fingerprint density at radius 3 is 2.55 bits per heavy atom. The zero-order valence-corrected chi connectivity index (χ0v) is 13.2. The Labute approximate surface area is 129 Å². The maximum absolute atomic E-state index is 12.3. The van der Waals surface area contributed by atoms with Crippen molar-refractivity contribution in [2.75, 3.05) is 13.1 Å². The van der Waals surface area contributed by atoms with Crippen molar-refractivity contribution in [2.24, 2.45) is 0 Å².